The van der Waals surface area contributed by atoms with Gasteiger partial charge in [-0.05, 0) is 18.6 Å². The van der Waals surface area contributed by atoms with E-state index in [1.54, 1.807) is 23.4 Å². The second-order valence-corrected chi connectivity index (χ2v) is 5.97. The first kappa shape index (κ1) is 14.3. The molecule has 0 spiro atoms. The van der Waals surface area contributed by atoms with E-state index in [0.29, 0.717) is 22.3 Å². The summed E-state index contributed by atoms with van der Waals surface area (Å²) in [6.45, 7) is 2.27. The monoisotopic (exact) mass is 314 g/mol. The number of halogens is 2. The molecule has 0 saturated carbocycles. The average Bonchev–Trinajstić information content (AvgIpc) is 2.80. The van der Waals surface area contributed by atoms with Crippen LogP contribution in [0.25, 0.3) is 0 Å². The van der Waals surface area contributed by atoms with Crippen LogP contribution in [-0.2, 0) is 6.54 Å². The number of aromatic nitrogens is 1. The summed E-state index contributed by atoms with van der Waals surface area (Å²) in [6, 6.07) is 5.39. The number of rotatable bonds is 3. The summed E-state index contributed by atoms with van der Waals surface area (Å²) in [5, 5.41) is 3.61. The number of hydrogen-bond donors (Lipinski definition) is 0. The van der Waals surface area contributed by atoms with Crippen molar-refractivity contribution < 1.29 is 4.79 Å². The molecular weight excluding hydrogens is 303 g/mol. The van der Waals surface area contributed by atoms with Crippen molar-refractivity contribution in [3.05, 3.63) is 49.9 Å². The summed E-state index contributed by atoms with van der Waals surface area (Å²) in [6.07, 6.45) is 0. The van der Waals surface area contributed by atoms with Crippen LogP contribution in [0.4, 0.5) is 0 Å². The highest BCUT2D eigenvalue weighted by atomic mass is 35.5. The Hall–Kier alpha value is -1.10. The third-order valence-electron chi connectivity index (χ3n) is 2.62. The zero-order valence-electron chi connectivity index (χ0n) is 10.5. The minimum atomic E-state index is -0.125. The van der Waals surface area contributed by atoms with Gasteiger partial charge in [0.15, 0.2) is 0 Å². The van der Waals surface area contributed by atoms with Gasteiger partial charge >= 0.3 is 0 Å². The Bertz CT molecular complexity index is 612. The lowest BCUT2D eigenvalue weighted by Crippen LogP contribution is -2.26. The lowest BCUT2D eigenvalue weighted by molar-refractivity contribution is 0.0780. The number of nitrogens with zero attached hydrogens (tertiary/aromatic N) is 2. The summed E-state index contributed by atoms with van der Waals surface area (Å²) in [5.74, 6) is -0.125. The molecule has 0 saturated heterocycles. The third-order valence-corrected chi connectivity index (χ3v) is 4.26. The average molecular weight is 315 g/mol. The Balaban J connectivity index is 2.15. The Kier molecular flexibility index (Phi) is 4.45. The fraction of sp³-hybridized carbons (Fsp3) is 0.231. The molecule has 6 heteroatoms. The summed E-state index contributed by atoms with van der Waals surface area (Å²) in [4.78, 5) is 17.9. The van der Waals surface area contributed by atoms with Crippen molar-refractivity contribution in [2.75, 3.05) is 7.05 Å². The second kappa shape index (κ2) is 5.90. The minimum Gasteiger partial charge on any atom is -0.336 e. The Morgan fingerprint density at radius 1 is 1.42 bits per heavy atom. The molecule has 0 fully saturated rings. The van der Waals surface area contributed by atoms with Crippen molar-refractivity contribution in [1.82, 2.24) is 9.88 Å². The molecule has 0 unspecified atom stereocenters. The second-order valence-electron chi connectivity index (χ2n) is 4.13. The number of amides is 1. The van der Waals surface area contributed by atoms with Crippen LogP contribution in [-0.4, -0.2) is 22.8 Å². The van der Waals surface area contributed by atoms with Gasteiger partial charge in [0.05, 0.1) is 15.1 Å². The summed E-state index contributed by atoms with van der Waals surface area (Å²) in [5.41, 5.74) is 1.28. The summed E-state index contributed by atoms with van der Waals surface area (Å²) in [7, 11) is 1.72. The predicted molar refractivity (Wildman–Crippen MR) is 79.1 cm³/mol. The van der Waals surface area contributed by atoms with Gasteiger partial charge in [-0.2, -0.15) is 0 Å². The highest BCUT2D eigenvalue weighted by Crippen LogP contribution is 2.26. The number of thiazole rings is 1. The van der Waals surface area contributed by atoms with E-state index in [1.807, 2.05) is 19.1 Å². The lowest BCUT2D eigenvalue weighted by atomic mass is 10.2. The molecular formula is C13H12Cl2N2OS. The van der Waals surface area contributed by atoms with E-state index < -0.39 is 0 Å². The first-order valence-electron chi connectivity index (χ1n) is 5.59. The van der Waals surface area contributed by atoms with Gasteiger partial charge in [-0.25, -0.2) is 4.98 Å². The van der Waals surface area contributed by atoms with Crippen LogP contribution in [0.5, 0.6) is 0 Å². The van der Waals surface area contributed by atoms with Crippen LogP contribution in [0, 0.1) is 6.92 Å². The first-order chi connectivity index (χ1) is 8.99. The van der Waals surface area contributed by atoms with E-state index >= 15 is 0 Å². The normalized spacial score (nSPS) is 10.5. The summed E-state index contributed by atoms with van der Waals surface area (Å²) < 4.78 is 0. The van der Waals surface area contributed by atoms with E-state index in [4.69, 9.17) is 23.2 Å². The van der Waals surface area contributed by atoms with Gasteiger partial charge in [0.2, 0.25) is 0 Å². The van der Waals surface area contributed by atoms with Crippen LogP contribution in [0.1, 0.15) is 21.1 Å². The molecule has 1 aromatic carbocycles. The molecule has 0 aliphatic heterocycles. The standard InChI is InChI=1S/C13H12Cl2N2OS/c1-8-16-11(7-19-8)13(18)17(2)6-9-4-3-5-10(14)12(9)15/h3-5,7H,6H2,1-2H3. The number of benzene rings is 1. The van der Waals surface area contributed by atoms with Crippen LogP contribution in [0.2, 0.25) is 10.0 Å². The molecule has 0 bridgehead atoms. The SMILES string of the molecule is Cc1nc(C(=O)N(C)Cc2cccc(Cl)c2Cl)cs1. The van der Waals surface area contributed by atoms with Crippen LogP contribution >= 0.6 is 34.5 Å². The van der Waals surface area contributed by atoms with E-state index in [2.05, 4.69) is 4.98 Å². The zero-order valence-corrected chi connectivity index (χ0v) is 12.8. The van der Waals surface area contributed by atoms with Gasteiger partial charge in [0, 0.05) is 19.0 Å². The van der Waals surface area contributed by atoms with Gasteiger partial charge in [0.25, 0.3) is 5.91 Å². The molecule has 2 aromatic rings. The van der Waals surface area contributed by atoms with Crippen LogP contribution < -0.4 is 0 Å². The van der Waals surface area contributed by atoms with Gasteiger partial charge in [-0.15, -0.1) is 11.3 Å². The number of aryl methyl sites for hydroxylation is 1. The molecule has 0 aliphatic rings. The zero-order chi connectivity index (χ0) is 14.0. The molecule has 0 N–H and O–H groups in total. The molecule has 1 amide bonds. The van der Waals surface area contributed by atoms with Crippen molar-refractivity contribution >= 4 is 40.4 Å². The molecule has 19 heavy (non-hydrogen) atoms. The quantitative estimate of drug-likeness (QED) is 0.857. The van der Waals surface area contributed by atoms with Crippen molar-refractivity contribution in [2.24, 2.45) is 0 Å². The minimum absolute atomic E-state index is 0.125. The van der Waals surface area contributed by atoms with E-state index in [-0.39, 0.29) is 5.91 Å². The maximum absolute atomic E-state index is 12.2. The highest BCUT2D eigenvalue weighted by molar-refractivity contribution is 7.09. The van der Waals surface area contributed by atoms with E-state index in [9.17, 15) is 4.79 Å². The largest absolute Gasteiger partial charge is 0.336 e. The Morgan fingerprint density at radius 2 is 2.16 bits per heavy atom. The molecule has 1 heterocycles. The maximum Gasteiger partial charge on any atom is 0.273 e. The molecule has 2 rings (SSSR count). The number of carbonyl (C=O) groups is 1. The van der Waals surface area contributed by atoms with E-state index in [0.717, 1.165) is 10.6 Å². The van der Waals surface area contributed by atoms with Crippen LogP contribution in [0.3, 0.4) is 0 Å². The fourth-order valence-electron chi connectivity index (χ4n) is 1.66. The Morgan fingerprint density at radius 3 is 2.79 bits per heavy atom. The third kappa shape index (κ3) is 3.26. The molecule has 0 aliphatic carbocycles. The van der Waals surface area contributed by atoms with Crippen LogP contribution in [0.15, 0.2) is 23.6 Å². The maximum atomic E-state index is 12.2. The van der Waals surface area contributed by atoms with Gasteiger partial charge in [-0.3, -0.25) is 4.79 Å². The molecule has 0 radical (unpaired) electrons. The van der Waals surface area contributed by atoms with Gasteiger partial charge in [-0.1, -0.05) is 35.3 Å². The molecule has 100 valence electrons. The topological polar surface area (TPSA) is 33.2 Å². The highest BCUT2D eigenvalue weighted by Gasteiger charge is 2.16. The first-order valence-corrected chi connectivity index (χ1v) is 7.23. The number of hydrogen-bond acceptors (Lipinski definition) is 3. The van der Waals surface area contributed by atoms with Crippen molar-refractivity contribution in [2.45, 2.75) is 13.5 Å². The smallest absolute Gasteiger partial charge is 0.273 e. The van der Waals surface area contributed by atoms with Crippen molar-refractivity contribution in [3.63, 3.8) is 0 Å². The summed E-state index contributed by atoms with van der Waals surface area (Å²) >= 11 is 13.5. The van der Waals surface area contributed by atoms with Crippen molar-refractivity contribution in [1.29, 1.82) is 0 Å². The molecule has 1 aromatic heterocycles. The molecule has 0 atom stereocenters. The Labute approximate surface area is 125 Å². The predicted octanol–water partition coefficient (Wildman–Crippen LogP) is 4.03. The molecule has 3 nitrogen and oxygen atoms in total. The van der Waals surface area contributed by atoms with Gasteiger partial charge in [0.1, 0.15) is 5.69 Å². The lowest BCUT2D eigenvalue weighted by Gasteiger charge is -2.17. The fourth-order valence-corrected chi connectivity index (χ4v) is 2.62. The number of carbonyl (C=O) groups excluding carboxylic acids is 1. The van der Waals surface area contributed by atoms with Gasteiger partial charge < -0.3 is 4.90 Å². The van der Waals surface area contributed by atoms with E-state index in [1.165, 1.54) is 11.3 Å². The van der Waals surface area contributed by atoms with Crippen molar-refractivity contribution in [3.8, 4) is 0 Å².